The first-order valence-corrected chi connectivity index (χ1v) is 12.8. The van der Waals surface area contributed by atoms with Crippen molar-refractivity contribution in [1.29, 1.82) is 0 Å². The summed E-state index contributed by atoms with van der Waals surface area (Å²) in [6, 6.07) is 21.5. The first kappa shape index (κ1) is 25.7. The molecule has 2 amide bonds. The van der Waals surface area contributed by atoms with E-state index in [0.717, 1.165) is 30.5 Å². The maximum atomic E-state index is 14.5. The molecule has 3 aromatic rings. The minimum Gasteiger partial charge on any atom is -0.489 e. The Labute approximate surface area is 220 Å². The summed E-state index contributed by atoms with van der Waals surface area (Å²) in [4.78, 5) is 24.7. The molecule has 198 valence electrons. The highest BCUT2D eigenvalue weighted by molar-refractivity contribution is 5.92. The van der Waals surface area contributed by atoms with E-state index < -0.39 is 11.7 Å². The summed E-state index contributed by atoms with van der Waals surface area (Å²) in [5.41, 5.74) is 7.84. The molecule has 38 heavy (non-hydrogen) atoms. The van der Waals surface area contributed by atoms with Crippen LogP contribution in [0, 0.1) is 11.7 Å². The van der Waals surface area contributed by atoms with E-state index in [0.29, 0.717) is 24.5 Å². The molecule has 9 heteroatoms. The van der Waals surface area contributed by atoms with Crippen molar-refractivity contribution >= 4 is 17.5 Å². The number of carbonyl (C=O) groups is 2. The van der Waals surface area contributed by atoms with Crippen LogP contribution in [0.5, 0.6) is 11.5 Å². The summed E-state index contributed by atoms with van der Waals surface area (Å²) >= 11 is 0. The molecule has 5 rings (SSSR count). The fourth-order valence-electron chi connectivity index (χ4n) is 4.91. The number of anilines is 1. The minimum atomic E-state index is -0.527. The molecule has 2 saturated heterocycles. The van der Waals surface area contributed by atoms with Gasteiger partial charge in [0, 0.05) is 12.1 Å². The second-order valence-corrected chi connectivity index (χ2v) is 9.57. The number of fused-ring (bicyclic) bond motifs is 1. The van der Waals surface area contributed by atoms with E-state index in [9.17, 15) is 14.0 Å². The maximum Gasteiger partial charge on any atom is 0.262 e. The van der Waals surface area contributed by atoms with Crippen molar-refractivity contribution in [1.82, 2.24) is 16.2 Å². The molecule has 3 aromatic carbocycles. The van der Waals surface area contributed by atoms with Gasteiger partial charge in [0.2, 0.25) is 5.91 Å². The first-order valence-electron chi connectivity index (χ1n) is 12.8. The highest BCUT2D eigenvalue weighted by Gasteiger charge is 2.39. The van der Waals surface area contributed by atoms with Crippen LogP contribution in [0.1, 0.15) is 24.0 Å². The zero-order valence-corrected chi connectivity index (χ0v) is 20.9. The maximum absolute atomic E-state index is 14.5. The highest BCUT2D eigenvalue weighted by atomic mass is 19.1. The molecule has 0 aliphatic carbocycles. The Balaban J connectivity index is 1.12. The molecule has 2 aliphatic rings. The van der Waals surface area contributed by atoms with Crippen LogP contribution < -0.4 is 31.0 Å². The summed E-state index contributed by atoms with van der Waals surface area (Å²) < 4.78 is 25.8. The van der Waals surface area contributed by atoms with E-state index in [1.54, 1.807) is 36.4 Å². The third kappa shape index (κ3) is 6.48. The second kappa shape index (κ2) is 12.1. The number of piperidine rings is 1. The van der Waals surface area contributed by atoms with Crippen molar-refractivity contribution in [2.45, 2.75) is 38.0 Å². The molecule has 2 fully saturated rings. The van der Waals surface area contributed by atoms with Gasteiger partial charge in [-0.2, -0.15) is 0 Å². The van der Waals surface area contributed by atoms with E-state index in [1.807, 2.05) is 30.3 Å². The van der Waals surface area contributed by atoms with Gasteiger partial charge in [0.25, 0.3) is 5.91 Å². The fourth-order valence-corrected chi connectivity index (χ4v) is 4.91. The van der Waals surface area contributed by atoms with Gasteiger partial charge in [-0.15, -0.1) is 0 Å². The molecule has 0 saturated carbocycles. The summed E-state index contributed by atoms with van der Waals surface area (Å²) in [6.07, 6.45) is 2.37. The van der Waals surface area contributed by atoms with Crippen molar-refractivity contribution < 1.29 is 23.5 Å². The molecule has 8 nitrogen and oxygen atoms in total. The number of carbonyl (C=O) groups excluding carboxylic acids is 2. The zero-order valence-electron chi connectivity index (χ0n) is 20.9. The standard InChI is InChI=1S/C29H31FN4O4/c30-24-13-8-20(16-26-28-23(7-4-14-31-28)29(36)34-33-26)15-25(24)32-27(35)18-38-22-11-9-21(10-12-22)37-17-19-5-2-1-3-6-19/h1-3,5-6,8-13,15,23,26,28,31,33H,4,7,14,16-18H2,(H,32,35)(H,34,36). The molecule has 2 aliphatic heterocycles. The molecule has 2 heterocycles. The molecule has 3 unspecified atom stereocenters. The summed E-state index contributed by atoms with van der Waals surface area (Å²) in [7, 11) is 0. The number of hydrogen-bond donors (Lipinski definition) is 4. The lowest BCUT2D eigenvalue weighted by Crippen LogP contribution is -2.67. The Hall–Kier alpha value is -3.95. The molecular weight excluding hydrogens is 487 g/mol. The molecule has 0 radical (unpaired) electrons. The predicted octanol–water partition coefficient (Wildman–Crippen LogP) is 3.34. The van der Waals surface area contributed by atoms with Crippen LogP contribution in [0.2, 0.25) is 0 Å². The van der Waals surface area contributed by atoms with Gasteiger partial charge in [-0.1, -0.05) is 36.4 Å². The van der Waals surface area contributed by atoms with Crippen LogP contribution in [0.3, 0.4) is 0 Å². The van der Waals surface area contributed by atoms with Gasteiger partial charge in [0.15, 0.2) is 6.61 Å². The topological polar surface area (TPSA) is 101 Å². The van der Waals surface area contributed by atoms with Gasteiger partial charge in [-0.25, -0.2) is 9.82 Å². The molecule has 3 atom stereocenters. The van der Waals surface area contributed by atoms with Crippen molar-refractivity contribution in [3.63, 3.8) is 0 Å². The number of benzene rings is 3. The highest BCUT2D eigenvalue weighted by Crippen LogP contribution is 2.25. The first-order chi connectivity index (χ1) is 18.5. The number of halogens is 1. The molecule has 0 aromatic heterocycles. The van der Waals surface area contributed by atoms with Crippen LogP contribution in [-0.2, 0) is 22.6 Å². The Bertz CT molecular complexity index is 1260. The number of hydrogen-bond acceptors (Lipinski definition) is 6. The SMILES string of the molecule is O=C(COc1ccc(OCc2ccccc2)cc1)Nc1cc(CC2NNC(=O)C3CCCNC23)ccc1F. The number of hydrazine groups is 1. The lowest BCUT2D eigenvalue weighted by atomic mass is 9.82. The molecule has 0 spiro atoms. The van der Waals surface area contributed by atoms with Crippen molar-refractivity contribution in [3.05, 3.63) is 89.7 Å². The van der Waals surface area contributed by atoms with Gasteiger partial charge >= 0.3 is 0 Å². The smallest absolute Gasteiger partial charge is 0.262 e. The molecule has 4 N–H and O–H groups in total. The monoisotopic (exact) mass is 518 g/mol. The average molecular weight is 519 g/mol. The molecular formula is C29H31FN4O4. The summed E-state index contributed by atoms with van der Waals surface area (Å²) in [5, 5.41) is 6.04. The Kier molecular flexibility index (Phi) is 8.15. The number of rotatable bonds is 9. The summed E-state index contributed by atoms with van der Waals surface area (Å²) in [6.45, 7) is 1.05. The third-order valence-corrected chi connectivity index (χ3v) is 6.86. The van der Waals surface area contributed by atoms with Crippen LogP contribution in [-0.4, -0.2) is 37.0 Å². The van der Waals surface area contributed by atoms with Crippen LogP contribution in [0.4, 0.5) is 10.1 Å². The van der Waals surface area contributed by atoms with E-state index >= 15 is 0 Å². The van der Waals surface area contributed by atoms with Gasteiger partial charge in [0.1, 0.15) is 23.9 Å². The van der Waals surface area contributed by atoms with E-state index in [-0.39, 0.29) is 36.2 Å². The van der Waals surface area contributed by atoms with Gasteiger partial charge in [0.05, 0.1) is 11.6 Å². The average Bonchev–Trinajstić information content (AvgIpc) is 2.95. The van der Waals surface area contributed by atoms with E-state index in [1.165, 1.54) is 6.07 Å². The van der Waals surface area contributed by atoms with Crippen LogP contribution in [0.15, 0.2) is 72.8 Å². The van der Waals surface area contributed by atoms with Gasteiger partial charge < -0.3 is 20.1 Å². The van der Waals surface area contributed by atoms with Gasteiger partial charge in [-0.3, -0.25) is 15.0 Å². The van der Waals surface area contributed by atoms with Crippen molar-refractivity contribution in [3.8, 4) is 11.5 Å². The number of ether oxygens (including phenoxy) is 2. The Morgan fingerprint density at radius 2 is 1.74 bits per heavy atom. The quantitative estimate of drug-likeness (QED) is 0.347. The lowest BCUT2D eigenvalue weighted by molar-refractivity contribution is -0.131. The normalized spacial score (nSPS) is 20.7. The number of nitrogens with one attached hydrogen (secondary N) is 4. The Morgan fingerprint density at radius 1 is 0.974 bits per heavy atom. The predicted molar refractivity (Wildman–Crippen MR) is 141 cm³/mol. The lowest BCUT2D eigenvalue weighted by Gasteiger charge is -2.41. The third-order valence-electron chi connectivity index (χ3n) is 6.86. The zero-order chi connectivity index (χ0) is 26.3. The van der Waals surface area contributed by atoms with Gasteiger partial charge in [-0.05, 0) is 73.3 Å². The summed E-state index contributed by atoms with van der Waals surface area (Å²) in [5.74, 6) is 0.104. The second-order valence-electron chi connectivity index (χ2n) is 9.57. The number of amides is 2. The van der Waals surface area contributed by atoms with E-state index in [2.05, 4.69) is 21.5 Å². The largest absolute Gasteiger partial charge is 0.489 e. The van der Waals surface area contributed by atoms with Crippen molar-refractivity contribution in [2.75, 3.05) is 18.5 Å². The van der Waals surface area contributed by atoms with E-state index in [4.69, 9.17) is 9.47 Å². The fraction of sp³-hybridized carbons (Fsp3) is 0.310. The van der Waals surface area contributed by atoms with Crippen LogP contribution >= 0.6 is 0 Å². The minimum absolute atomic E-state index is 0.000131. The van der Waals surface area contributed by atoms with Crippen LogP contribution in [0.25, 0.3) is 0 Å². The Morgan fingerprint density at radius 3 is 2.53 bits per heavy atom. The van der Waals surface area contributed by atoms with Crippen molar-refractivity contribution in [2.24, 2.45) is 5.92 Å². The molecule has 0 bridgehead atoms.